The molecule has 1 amide bonds. The van der Waals surface area contributed by atoms with E-state index in [0.717, 1.165) is 0 Å². The first-order chi connectivity index (χ1) is 12.4. The molecule has 26 heavy (non-hydrogen) atoms. The number of carbonyl (C=O) groups is 1. The molecule has 140 valence electrons. The van der Waals surface area contributed by atoms with Gasteiger partial charge in [-0.3, -0.25) is 4.79 Å². The second-order valence-electron chi connectivity index (χ2n) is 6.14. The maximum atomic E-state index is 13.1. The third-order valence-electron chi connectivity index (χ3n) is 4.45. The monoisotopic (exact) mass is 379 g/mol. The van der Waals surface area contributed by atoms with Crippen LogP contribution >= 0.6 is 0 Å². The van der Waals surface area contributed by atoms with Crippen LogP contribution < -0.4 is 9.47 Å². The molecule has 1 aliphatic heterocycles. The Morgan fingerprint density at radius 3 is 2.58 bits per heavy atom. The Labute approximate surface area is 152 Å². The number of furan rings is 1. The third kappa shape index (κ3) is 3.85. The van der Waals surface area contributed by atoms with Crippen LogP contribution in [0.15, 0.2) is 41.0 Å². The second-order valence-corrected chi connectivity index (χ2v) is 8.37. The van der Waals surface area contributed by atoms with Crippen molar-refractivity contribution in [3.8, 4) is 11.5 Å². The Balaban J connectivity index is 1.91. The van der Waals surface area contributed by atoms with Crippen molar-refractivity contribution < 1.29 is 27.1 Å². The van der Waals surface area contributed by atoms with Gasteiger partial charge in [-0.2, -0.15) is 0 Å². The lowest BCUT2D eigenvalue weighted by molar-refractivity contribution is 0.0665. The molecule has 0 bridgehead atoms. The van der Waals surface area contributed by atoms with Crippen molar-refractivity contribution in [2.75, 3.05) is 25.7 Å². The molecule has 1 aliphatic rings. The van der Waals surface area contributed by atoms with Gasteiger partial charge in [0.1, 0.15) is 5.76 Å². The minimum absolute atomic E-state index is 0.0350. The van der Waals surface area contributed by atoms with E-state index in [-0.39, 0.29) is 30.0 Å². The maximum absolute atomic E-state index is 13.1. The molecule has 0 spiro atoms. The third-order valence-corrected chi connectivity index (χ3v) is 6.20. The standard InChI is InChI=1S/C18H21NO6S/c1-23-16-6-5-13(10-17(16)24-2)18(20)19(11-15-4-3-8-25-15)14-7-9-26(21,22)12-14/h3-6,8,10,14H,7,9,11-12H2,1-2H3/t14-/m0/s1. The highest BCUT2D eigenvalue weighted by Crippen LogP contribution is 2.29. The molecule has 8 heteroatoms. The molecule has 2 heterocycles. The molecule has 3 rings (SSSR count). The molecule has 1 saturated heterocycles. The zero-order valence-corrected chi connectivity index (χ0v) is 15.5. The highest BCUT2D eigenvalue weighted by atomic mass is 32.2. The van der Waals surface area contributed by atoms with Gasteiger partial charge >= 0.3 is 0 Å². The molecule has 1 aromatic carbocycles. The number of amides is 1. The first-order valence-corrected chi connectivity index (χ1v) is 10.0. The second kappa shape index (κ2) is 7.41. The van der Waals surface area contributed by atoms with Crippen LogP contribution in [-0.4, -0.2) is 51.0 Å². The van der Waals surface area contributed by atoms with Gasteiger partial charge in [0.15, 0.2) is 21.3 Å². The molecule has 1 fully saturated rings. The quantitative estimate of drug-likeness (QED) is 0.764. The average Bonchev–Trinajstić information content (AvgIpc) is 3.27. The Bertz CT molecular complexity index is 875. The Morgan fingerprint density at radius 2 is 2.00 bits per heavy atom. The lowest BCUT2D eigenvalue weighted by Gasteiger charge is -2.27. The van der Waals surface area contributed by atoms with E-state index < -0.39 is 9.84 Å². The fourth-order valence-corrected chi connectivity index (χ4v) is 4.82. The van der Waals surface area contributed by atoms with E-state index in [9.17, 15) is 13.2 Å². The summed E-state index contributed by atoms with van der Waals surface area (Å²) in [6.07, 6.45) is 1.95. The van der Waals surface area contributed by atoms with Crippen LogP contribution in [0, 0.1) is 0 Å². The first-order valence-electron chi connectivity index (χ1n) is 8.19. The van der Waals surface area contributed by atoms with Crippen LogP contribution in [0.1, 0.15) is 22.5 Å². The molecule has 1 atom stereocenters. The lowest BCUT2D eigenvalue weighted by atomic mass is 10.1. The topological polar surface area (TPSA) is 86.0 Å². The van der Waals surface area contributed by atoms with E-state index in [1.807, 2.05) is 0 Å². The van der Waals surface area contributed by atoms with Crippen LogP contribution in [-0.2, 0) is 16.4 Å². The lowest BCUT2D eigenvalue weighted by Crippen LogP contribution is -2.40. The SMILES string of the molecule is COc1ccc(C(=O)N(Cc2ccco2)[C@H]2CCS(=O)(=O)C2)cc1OC. The molecule has 0 aliphatic carbocycles. The van der Waals surface area contributed by atoms with Gasteiger partial charge in [-0.15, -0.1) is 0 Å². The Morgan fingerprint density at radius 1 is 1.23 bits per heavy atom. The summed E-state index contributed by atoms with van der Waals surface area (Å²) < 4.78 is 39.6. The van der Waals surface area contributed by atoms with Crippen molar-refractivity contribution in [1.82, 2.24) is 4.90 Å². The van der Waals surface area contributed by atoms with E-state index in [0.29, 0.717) is 29.2 Å². The van der Waals surface area contributed by atoms with Gasteiger partial charge in [-0.25, -0.2) is 8.42 Å². The number of hydrogen-bond donors (Lipinski definition) is 0. The summed E-state index contributed by atoms with van der Waals surface area (Å²) in [5.41, 5.74) is 0.401. The largest absolute Gasteiger partial charge is 0.493 e. The minimum Gasteiger partial charge on any atom is -0.493 e. The minimum atomic E-state index is -3.13. The first kappa shape index (κ1) is 18.3. The number of nitrogens with zero attached hydrogens (tertiary/aromatic N) is 1. The molecule has 7 nitrogen and oxygen atoms in total. The highest BCUT2D eigenvalue weighted by Gasteiger charge is 2.35. The summed E-state index contributed by atoms with van der Waals surface area (Å²) in [6.45, 7) is 0.209. The molecular formula is C18H21NO6S. The van der Waals surface area contributed by atoms with Gasteiger partial charge in [0.25, 0.3) is 5.91 Å². The molecule has 0 radical (unpaired) electrons. The fourth-order valence-electron chi connectivity index (χ4n) is 3.09. The molecule has 2 aromatic rings. The van der Waals surface area contributed by atoms with E-state index in [4.69, 9.17) is 13.9 Å². The van der Waals surface area contributed by atoms with Crippen LogP contribution in [0.5, 0.6) is 11.5 Å². The Hall–Kier alpha value is -2.48. The van der Waals surface area contributed by atoms with Crippen LogP contribution in [0.3, 0.4) is 0 Å². The average molecular weight is 379 g/mol. The summed E-state index contributed by atoms with van der Waals surface area (Å²) in [4.78, 5) is 14.7. The smallest absolute Gasteiger partial charge is 0.254 e. The van der Waals surface area contributed by atoms with E-state index in [2.05, 4.69) is 0 Å². The van der Waals surface area contributed by atoms with Gasteiger partial charge in [0.2, 0.25) is 0 Å². The number of carbonyl (C=O) groups excluding carboxylic acids is 1. The number of rotatable bonds is 6. The summed E-state index contributed by atoms with van der Waals surface area (Å²) in [7, 11) is -0.112. The number of ether oxygens (including phenoxy) is 2. The van der Waals surface area contributed by atoms with Gasteiger partial charge in [0, 0.05) is 11.6 Å². The normalized spacial score (nSPS) is 18.5. The van der Waals surface area contributed by atoms with E-state index in [1.54, 1.807) is 35.2 Å². The van der Waals surface area contributed by atoms with Crippen molar-refractivity contribution in [2.45, 2.75) is 19.0 Å². The fraction of sp³-hybridized carbons (Fsp3) is 0.389. The van der Waals surface area contributed by atoms with Crippen LogP contribution in [0.25, 0.3) is 0 Å². The van der Waals surface area contributed by atoms with Gasteiger partial charge in [-0.1, -0.05) is 0 Å². The molecule has 1 aromatic heterocycles. The van der Waals surface area contributed by atoms with Crippen molar-refractivity contribution >= 4 is 15.7 Å². The number of sulfone groups is 1. The van der Waals surface area contributed by atoms with Gasteiger partial charge in [0.05, 0.1) is 38.5 Å². The van der Waals surface area contributed by atoms with Gasteiger partial charge < -0.3 is 18.8 Å². The summed E-state index contributed by atoms with van der Waals surface area (Å²) in [5, 5.41) is 0. The Kier molecular flexibility index (Phi) is 5.22. The maximum Gasteiger partial charge on any atom is 0.254 e. The predicted octanol–water partition coefficient (Wildman–Crippen LogP) is 2.13. The number of benzene rings is 1. The van der Waals surface area contributed by atoms with Crippen LogP contribution in [0.4, 0.5) is 0 Å². The summed E-state index contributed by atoms with van der Waals surface area (Å²) >= 11 is 0. The van der Waals surface area contributed by atoms with Crippen molar-refractivity contribution in [3.63, 3.8) is 0 Å². The molecule has 0 N–H and O–H groups in total. The molecule has 0 unspecified atom stereocenters. The van der Waals surface area contributed by atoms with Crippen molar-refractivity contribution in [2.24, 2.45) is 0 Å². The zero-order valence-electron chi connectivity index (χ0n) is 14.7. The highest BCUT2D eigenvalue weighted by molar-refractivity contribution is 7.91. The van der Waals surface area contributed by atoms with Crippen LogP contribution in [0.2, 0.25) is 0 Å². The van der Waals surface area contributed by atoms with E-state index in [1.165, 1.54) is 20.5 Å². The van der Waals surface area contributed by atoms with Crippen molar-refractivity contribution in [3.05, 3.63) is 47.9 Å². The summed E-state index contributed by atoms with van der Waals surface area (Å²) in [5.74, 6) is 1.34. The molecule has 0 saturated carbocycles. The van der Waals surface area contributed by atoms with Crippen molar-refractivity contribution in [1.29, 1.82) is 0 Å². The number of methoxy groups -OCH3 is 2. The molecular weight excluding hydrogens is 358 g/mol. The summed E-state index contributed by atoms with van der Waals surface area (Å²) in [6, 6.07) is 8.01. The predicted molar refractivity (Wildman–Crippen MR) is 95.2 cm³/mol. The van der Waals surface area contributed by atoms with Gasteiger partial charge in [-0.05, 0) is 36.8 Å². The zero-order chi connectivity index (χ0) is 18.7. The number of hydrogen-bond acceptors (Lipinski definition) is 6. The van der Waals surface area contributed by atoms with E-state index >= 15 is 0 Å².